The van der Waals surface area contributed by atoms with Crippen LogP contribution in [0, 0.1) is 5.82 Å². The standard InChI is InChI=1S/C12H13ClFN3O/c1-2-5-15-12-16-10(11(18)17-12)8-4-3-7(14)6-9(8)13/h3-4,6,10H,2,5H2,1H3,(H2,15,16,17,18). The molecule has 2 rings (SSSR count). The lowest BCUT2D eigenvalue weighted by molar-refractivity contribution is -0.120. The fourth-order valence-electron chi connectivity index (χ4n) is 1.69. The minimum Gasteiger partial charge on any atom is -0.340 e. The number of aliphatic imine (C=N–C) groups is 1. The third-order valence-corrected chi connectivity index (χ3v) is 2.88. The van der Waals surface area contributed by atoms with Crippen molar-refractivity contribution in [2.45, 2.75) is 19.4 Å². The molecule has 1 amide bonds. The van der Waals surface area contributed by atoms with Gasteiger partial charge in [-0.25, -0.2) is 4.39 Å². The van der Waals surface area contributed by atoms with E-state index in [4.69, 9.17) is 11.6 Å². The average molecular weight is 270 g/mol. The Morgan fingerprint density at radius 2 is 2.28 bits per heavy atom. The van der Waals surface area contributed by atoms with Gasteiger partial charge in [0.25, 0.3) is 5.91 Å². The molecule has 1 heterocycles. The normalized spacial score (nSPS) is 20.9. The van der Waals surface area contributed by atoms with E-state index < -0.39 is 11.9 Å². The second-order valence-electron chi connectivity index (χ2n) is 3.96. The smallest absolute Gasteiger partial charge is 0.253 e. The van der Waals surface area contributed by atoms with Crippen molar-refractivity contribution in [3.05, 3.63) is 34.6 Å². The Labute approximate surface area is 109 Å². The number of hydrogen-bond acceptors (Lipinski definition) is 2. The topological polar surface area (TPSA) is 53.5 Å². The summed E-state index contributed by atoms with van der Waals surface area (Å²) in [5.41, 5.74) is 0.539. The Kier molecular flexibility index (Phi) is 3.81. The Balaban J connectivity index is 2.21. The molecule has 0 aromatic heterocycles. The lowest BCUT2D eigenvalue weighted by Crippen LogP contribution is -2.25. The summed E-state index contributed by atoms with van der Waals surface area (Å²) in [6.07, 6.45) is 0.892. The van der Waals surface area contributed by atoms with Gasteiger partial charge >= 0.3 is 0 Å². The van der Waals surface area contributed by atoms with Gasteiger partial charge in [0.05, 0.1) is 0 Å². The highest BCUT2D eigenvalue weighted by Crippen LogP contribution is 2.25. The van der Waals surface area contributed by atoms with E-state index in [-0.39, 0.29) is 10.9 Å². The zero-order chi connectivity index (χ0) is 13.1. The van der Waals surface area contributed by atoms with Crippen molar-refractivity contribution in [3.8, 4) is 0 Å². The fraction of sp³-hybridized carbons (Fsp3) is 0.333. The van der Waals surface area contributed by atoms with E-state index in [1.807, 2.05) is 6.92 Å². The largest absolute Gasteiger partial charge is 0.340 e. The molecule has 1 saturated heterocycles. The molecule has 1 aromatic carbocycles. The van der Waals surface area contributed by atoms with Gasteiger partial charge in [0.2, 0.25) is 0 Å². The molecule has 6 heteroatoms. The van der Waals surface area contributed by atoms with Crippen LogP contribution < -0.4 is 10.6 Å². The number of rotatable bonds is 3. The highest BCUT2D eigenvalue weighted by atomic mass is 35.5. The molecular formula is C12H13ClFN3O. The molecule has 2 N–H and O–H groups in total. The van der Waals surface area contributed by atoms with Crippen molar-refractivity contribution in [2.75, 3.05) is 6.54 Å². The number of halogens is 2. The zero-order valence-electron chi connectivity index (χ0n) is 9.84. The molecule has 1 atom stereocenters. The van der Waals surface area contributed by atoms with Gasteiger partial charge < -0.3 is 5.32 Å². The van der Waals surface area contributed by atoms with Crippen LogP contribution in [0.25, 0.3) is 0 Å². The number of carbonyl (C=O) groups excluding carboxylic acids is 1. The highest BCUT2D eigenvalue weighted by Gasteiger charge is 2.31. The van der Waals surface area contributed by atoms with Gasteiger partial charge in [-0.1, -0.05) is 24.6 Å². The van der Waals surface area contributed by atoms with E-state index in [9.17, 15) is 9.18 Å². The lowest BCUT2D eigenvalue weighted by Gasteiger charge is -2.10. The number of carbonyl (C=O) groups is 1. The summed E-state index contributed by atoms with van der Waals surface area (Å²) in [6, 6.07) is 3.34. The monoisotopic (exact) mass is 269 g/mol. The van der Waals surface area contributed by atoms with Gasteiger partial charge in [-0.2, -0.15) is 0 Å². The maximum atomic E-state index is 12.9. The van der Waals surface area contributed by atoms with Gasteiger partial charge in [0.15, 0.2) is 5.96 Å². The predicted octanol–water partition coefficient (Wildman–Crippen LogP) is 2.01. The van der Waals surface area contributed by atoms with Gasteiger partial charge in [0.1, 0.15) is 11.9 Å². The Morgan fingerprint density at radius 1 is 1.50 bits per heavy atom. The van der Waals surface area contributed by atoms with Crippen molar-refractivity contribution < 1.29 is 9.18 Å². The molecule has 1 unspecified atom stereocenters. The molecule has 0 aliphatic carbocycles. The number of nitrogens with zero attached hydrogens (tertiary/aromatic N) is 1. The molecule has 0 saturated carbocycles. The van der Waals surface area contributed by atoms with Gasteiger partial charge in [0, 0.05) is 17.1 Å². The van der Waals surface area contributed by atoms with Crippen LogP contribution in [-0.4, -0.2) is 18.4 Å². The molecule has 1 fully saturated rings. The molecule has 1 aromatic rings. The van der Waals surface area contributed by atoms with Crippen molar-refractivity contribution in [1.82, 2.24) is 10.6 Å². The summed E-state index contributed by atoms with van der Waals surface area (Å²) in [5, 5.41) is 5.78. The van der Waals surface area contributed by atoms with E-state index in [2.05, 4.69) is 15.6 Å². The molecule has 0 bridgehead atoms. The van der Waals surface area contributed by atoms with E-state index in [1.54, 1.807) is 0 Å². The van der Waals surface area contributed by atoms with Crippen molar-refractivity contribution in [2.24, 2.45) is 4.99 Å². The first kappa shape index (κ1) is 12.8. The Hall–Kier alpha value is -1.62. The fourth-order valence-corrected chi connectivity index (χ4v) is 1.97. The Bertz CT molecular complexity index is 504. The van der Waals surface area contributed by atoms with Crippen molar-refractivity contribution >= 4 is 23.5 Å². The molecule has 4 nitrogen and oxygen atoms in total. The molecular weight excluding hydrogens is 257 g/mol. The van der Waals surface area contributed by atoms with Crippen LogP contribution in [0.3, 0.4) is 0 Å². The van der Waals surface area contributed by atoms with E-state index >= 15 is 0 Å². The first-order chi connectivity index (χ1) is 8.61. The summed E-state index contributed by atoms with van der Waals surface area (Å²) in [6.45, 7) is 2.63. The number of guanidine groups is 1. The summed E-state index contributed by atoms with van der Waals surface area (Å²) in [4.78, 5) is 16.0. The predicted molar refractivity (Wildman–Crippen MR) is 68.0 cm³/mol. The van der Waals surface area contributed by atoms with Crippen LogP contribution in [0.2, 0.25) is 5.02 Å². The van der Waals surface area contributed by atoms with Crippen LogP contribution in [-0.2, 0) is 4.79 Å². The minimum atomic E-state index is -0.617. The van der Waals surface area contributed by atoms with E-state index in [0.29, 0.717) is 18.1 Å². The number of benzene rings is 1. The summed E-state index contributed by atoms with van der Waals surface area (Å²) in [7, 11) is 0. The van der Waals surface area contributed by atoms with Crippen molar-refractivity contribution in [1.29, 1.82) is 0 Å². The molecule has 1 aliphatic rings. The molecule has 0 radical (unpaired) electrons. The van der Waals surface area contributed by atoms with Crippen LogP contribution in [0.4, 0.5) is 4.39 Å². The second kappa shape index (κ2) is 5.35. The molecule has 96 valence electrons. The third-order valence-electron chi connectivity index (χ3n) is 2.55. The first-order valence-electron chi connectivity index (χ1n) is 5.68. The number of hydrogen-bond donors (Lipinski definition) is 2. The second-order valence-corrected chi connectivity index (χ2v) is 4.37. The zero-order valence-corrected chi connectivity index (χ0v) is 10.6. The van der Waals surface area contributed by atoms with E-state index in [1.165, 1.54) is 18.2 Å². The maximum Gasteiger partial charge on any atom is 0.253 e. The number of amides is 1. The quantitative estimate of drug-likeness (QED) is 0.882. The van der Waals surface area contributed by atoms with Gasteiger partial charge in [-0.05, 0) is 18.6 Å². The van der Waals surface area contributed by atoms with Crippen LogP contribution in [0.5, 0.6) is 0 Å². The number of nitrogens with one attached hydrogen (secondary N) is 2. The lowest BCUT2D eigenvalue weighted by atomic mass is 10.1. The third kappa shape index (κ3) is 2.61. The van der Waals surface area contributed by atoms with Gasteiger partial charge in [-0.15, -0.1) is 0 Å². The molecule has 0 spiro atoms. The first-order valence-corrected chi connectivity index (χ1v) is 6.06. The molecule has 18 heavy (non-hydrogen) atoms. The van der Waals surface area contributed by atoms with Crippen LogP contribution in [0.1, 0.15) is 24.9 Å². The van der Waals surface area contributed by atoms with Crippen LogP contribution in [0.15, 0.2) is 23.2 Å². The maximum absolute atomic E-state index is 12.9. The van der Waals surface area contributed by atoms with Crippen molar-refractivity contribution in [3.63, 3.8) is 0 Å². The summed E-state index contributed by atoms with van der Waals surface area (Å²) in [5.74, 6) is -0.229. The summed E-state index contributed by atoms with van der Waals surface area (Å²) < 4.78 is 12.9. The summed E-state index contributed by atoms with van der Waals surface area (Å²) >= 11 is 5.93. The van der Waals surface area contributed by atoms with Crippen LogP contribution >= 0.6 is 11.6 Å². The minimum absolute atomic E-state index is 0.222. The van der Waals surface area contributed by atoms with Gasteiger partial charge in [-0.3, -0.25) is 15.1 Å². The highest BCUT2D eigenvalue weighted by molar-refractivity contribution is 6.31. The SMILES string of the molecule is CCCN=C1NC(=O)C(c2ccc(F)cc2Cl)N1. The Morgan fingerprint density at radius 3 is 2.94 bits per heavy atom. The molecule has 1 aliphatic heterocycles. The van der Waals surface area contributed by atoms with E-state index in [0.717, 1.165) is 6.42 Å². The average Bonchev–Trinajstić information content (AvgIpc) is 2.68.